The fourth-order valence-corrected chi connectivity index (χ4v) is 8.91. The predicted octanol–water partition coefficient (Wildman–Crippen LogP) is 8.25. The quantitative estimate of drug-likeness (QED) is 0.0150. The van der Waals surface area contributed by atoms with Crippen molar-refractivity contribution in [2.45, 2.75) is 89.9 Å². The second-order valence-corrected chi connectivity index (χ2v) is 18.4. The van der Waals surface area contributed by atoms with Crippen molar-refractivity contribution in [3.8, 4) is 11.5 Å². The number of aliphatic carboxylic acids is 1. The molecular weight excluding hydrogens is 949 g/mol. The second kappa shape index (κ2) is 30.9. The molecule has 16 nitrogen and oxygen atoms in total. The monoisotopic (exact) mass is 1020 g/mol. The number of esters is 1. The molecule has 0 aromatic heterocycles. The summed E-state index contributed by atoms with van der Waals surface area (Å²) in [6.45, 7) is 13.8. The summed E-state index contributed by atoms with van der Waals surface area (Å²) in [5, 5.41) is 12.4. The number of carbonyl (C=O) groups excluding carboxylic acids is 3. The van der Waals surface area contributed by atoms with Crippen LogP contribution in [0.5, 0.6) is 11.5 Å². The summed E-state index contributed by atoms with van der Waals surface area (Å²) >= 11 is 0. The van der Waals surface area contributed by atoms with Crippen LogP contribution >= 0.6 is 0 Å². The van der Waals surface area contributed by atoms with Crippen molar-refractivity contribution >= 4 is 23.6 Å². The van der Waals surface area contributed by atoms with Crippen molar-refractivity contribution < 1.29 is 66.9 Å². The number of nitrogens with one attached hydrogen (secondary N) is 1. The standard InChI is InChI=1S/C58H76N2O14/c1-41(21-30-55(64)65)73-52(39-72-58(47-18-12-9-13-19-47,48-22-26-50(66-6)27-23-48)49-24-28-51(67-7)29-25-49)20-14-15-31-60(38-53(63)46-16-10-8-11-17-46)32-33-68-34-35-69-36-37-70-57-56(59-44(4)61)43(3)42(2)54(74-57)40-71-45(5)62/h8-13,16-19,22-29,42-43,52,54,56-57H,1,14-15,20-21,30-40H2,2-7H3,(H,59,61)(H,64,65). The molecule has 5 rings (SSSR count). The van der Waals surface area contributed by atoms with E-state index in [0.717, 1.165) is 16.7 Å². The van der Waals surface area contributed by atoms with Gasteiger partial charge >= 0.3 is 11.9 Å². The Kier molecular flexibility index (Phi) is 24.5. The molecule has 74 heavy (non-hydrogen) atoms. The van der Waals surface area contributed by atoms with E-state index in [2.05, 4.69) is 16.8 Å². The summed E-state index contributed by atoms with van der Waals surface area (Å²) in [6.07, 6.45) is 0.334. The van der Waals surface area contributed by atoms with Gasteiger partial charge in [-0.1, -0.05) is 105 Å². The first-order chi connectivity index (χ1) is 35.7. The third-order valence-corrected chi connectivity index (χ3v) is 13.2. The van der Waals surface area contributed by atoms with Gasteiger partial charge in [0.15, 0.2) is 12.1 Å². The Morgan fingerprint density at radius 1 is 0.730 bits per heavy atom. The molecule has 4 aromatic carbocycles. The van der Waals surface area contributed by atoms with E-state index in [1.165, 1.54) is 13.8 Å². The zero-order chi connectivity index (χ0) is 53.3. The molecule has 6 atom stereocenters. The van der Waals surface area contributed by atoms with E-state index in [0.29, 0.717) is 75.0 Å². The minimum atomic E-state index is -1.10. The molecule has 0 spiro atoms. The highest BCUT2D eigenvalue weighted by Gasteiger charge is 2.43. The number of ketones is 1. The van der Waals surface area contributed by atoms with Crippen LogP contribution < -0.4 is 14.8 Å². The molecule has 0 bridgehead atoms. The first kappa shape index (κ1) is 58.7. The van der Waals surface area contributed by atoms with E-state index in [9.17, 15) is 24.3 Å². The van der Waals surface area contributed by atoms with Gasteiger partial charge in [-0.2, -0.15) is 0 Å². The van der Waals surface area contributed by atoms with Gasteiger partial charge in [-0.25, -0.2) is 0 Å². The molecule has 402 valence electrons. The van der Waals surface area contributed by atoms with Gasteiger partial charge in [0.1, 0.15) is 29.8 Å². The zero-order valence-corrected chi connectivity index (χ0v) is 43.9. The Morgan fingerprint density at radius 2 is 1.31 bits per heavy atom. The van der Waals surface area contributed by atoms with Gasteiger partial charge in [0.25, 0.3) is 0 Å². The Hall–Kier alpha value is -6.14. The number of allylic oxidation sites excluding steroid dienone is 1. The molecule has 0 aliphatic carbocycles. The molecule has 1 aliphatic rings. The number of carbonyl (C=O) groups is 4. The van der Waals surface area contributed by atoms with E-state index >= 15 is 0 Å². The van der Waals surface area contributed by atoms with Gasteiger partial charge in [-0.15, -0.1) is 0 Å². The molecule has 2 N–H and O–H groups in total. The molecule has 1 aliphatic heterocycles. The van der Waals surface area contributed by atoms with Gasteiger partial charge in [0, 0.05) is 32.4 Å². The SMILES string of the molecule is C=C(CCC(=O)O)OC(CCCCN(CCOCCOCCOC1OC(COC(C)=O)C(C)C(C)C1NC(C)=O)CC(=O)c1ccccc1)COC(c1ccccc1)(c1ccc(OC)cc1)c1ccc(OC)cc1. The molecular formula is C58H76N2O14. The largest absolute Gasteiger partial charge is 0.497 e. The smallest absolute Gasteiger partial charge is 0.303 e. The van der Waals surface area contributed by atoms with Crippen LogP contribution in [0, 0.1) is 11.8 Å². The number of unbranched alkanes of at least 4 members (excludes halogenated alkanes) is 1. The highest BCUT2D eigenvalue weighted by atomic mass is 16.7. The number of rotatable bonds is 34. The van der Waals surface area contributed by atoms with Crippen LogP contribution in [0.15, 0.2) is 122 Å². The first-order valence-electron chi connectivity index (χ1n) is 25.4. The number of hydrogen-bond acceptors (Lipinski definition) is 14. The van der Waals surface area contributed by atoms with Crippen molar-refractivity contribution in [2.75, 3.05) is 80.1 Å². The van der Waals surface area contributed by atoms with Crippen molar-refractivity contribution in [3.05, 3.63) is 144 Å². The van der Waals surface area contributed by atoms with Crippen LogP contribution in [0.25, 0.3) is 0 Å². The minimum absolute atomic E-state index is 0.00141. The fraction of sp³-hybridized carbons (Fsp3) is 0.483. The number of ether oxygens (including phenoxy) is 9. The normalized spacial score (nSPS) is 18.0. The highest BCUT2D eigenvalue weighted by Crippen LogP contribution is 2.42. The number of carboxylic acid groups (broad SMARTS) is 1. The first-order valence-corrected chi connectivity index (χ1v) is 25.4. The number of benzene rings is 4. The zero-order valence-electron chi connectivity index (χ0n) is 43.9. The molecule has 16 heteroatoms. The molecule has 1 fully saturated rings. The minimum Gasteiger partial charge on any atom is -0.497 e. The number of amides is 1. The van der Waals surface area contributed by atoms with Gasteiger partial charge in [0.05, 0.1) is 84.7 Å². The van der Waals surface area contributed by atoms with Crippen molar-refractivity contribution in [3.63, 3.8) is 0 Å². The summed E-state index contributed by atoms with van der Waals surface area (Å²) in [5.41, 5.74) is 2.14. The number of methoxy groups -OCH3 is 2. The van der Waals surface area contributed by atoms with Gasteiger partial charge in [-0.3, -0.25) is 24.1 Å². The maximum absolute atomic E-state index is 13.5. The lowest BCUT2D eigenvalue weighted by Crippen LogP contribution is -2.58. The Labute approximate surface area is 436 Å². The van der Waals surface area contributed by atoms with Crippen LogP contribution in [0.1, 0.15) is 86.8 Å². The average molecular weight is 1030 g/mol. The number of hydrogen-bond donors (Lipinski definition) is 2. The predicted molar refractivity (Wildman–Crippen MR) is 279 cm³/mol. The maximum Gasteiger partial charge on any atom is 0.303 e. The molecule has 1 saturated heterocycles. The molecule has 4 aromatic rings. The highest BCUT2D eigenvalue weighted by molar-refractivity contribution is 5.97. The van der Waals surface area contributed by atoms with E-state index in [1.807, 2.05) is 123 Å². The number of carboxylic acids is 1. The van der Waals surface area contributed by atoms with Crippen LogP contribution in [-0.4, -0.2) is 138 Å². The maximum atomic E-state index is 13.5. The summed E-state index contributed by atoms with van der Waals surface area (Å²) in [7, 11) is 3.25. The van der Waals surface area contributed by atoms with E-state index in [4.69, 9.17) is 42.6 Å². The second-order valence-electron chi connectivity index (χ2n) is 18.4. The van der Waals surface area contributed by atoms with Crippen molar-refractivity contribution in [1.29, 1.82) is 0 Å². The number of Topliss-reactive ketones (excluding diaryl/α,β-unsaturated/α-hetero) is 1. The van der Waals surface area contributed by atoms with E-state index in [1.54, 1.807) is 14.2 Å². The van der Waals surface area contributed by atoms with Crippen LogP contribution in [-0.2, 0) is 53.1 Å². The van der Waals surface area contributed by atoms with Gasteiger partial charge in [-0.05, 0) is 78.6 Å². The Morgan fingerprint density at radius 3 is 1.89 bits per heavy atom. The third-order valence-electron chi connectivity index (χ3n) is 13.2. The Bertz CT molecular complexity index is 2260. The molecule has 0 saturated carbocycles. The van der Waals surface area contributed by atoms with E-state index in [-0.39, 0.29) is 69.3 Å². The summed E-state index contributed by atoms with van der Waals surface area (Å²) in [4.78, 5) is 50.7. The lowest BCUT2D eigenvalue weighted by molar-refractivity contribution is -0.247. The summed E-state index contributed by atoms with van der Waals surface area (Å²) < 4.78 is 53.9. The van der Waals surface area contributed by atoms with Gasteiger partial charge < -0.3 is 53.1 Å². The van der Waals surface area contributed by atoms with Crippen LogP contribution in [0.3, 0.4) is 0 Å². The lowest BCUT2D eigenvalue weighted by atomic mass is 9.80. The molecule has 6 unspecified atom stereocenters. The third kappa shape index (κ3) is 18.4. The summed E-state index contributed by atoms with van der Waals surface area (Å²) in [5.74, 6) is 0.200. The van der Waals surface area contributed by atoms with Crippen molar-refractivity contribution in [2.24, 2.45) is 11.8 Å². The lowest BCUT2D eigenvalue weighted by Gasteiger charge is -2.44. The van der Waals surface area contributed by atoms with Crippen molar-refractivity contribution in [1.82, 2.24) is 10.2 Å². The van der Waals surface area contributed by atoms with Crippen LogP contribution in [0.4, 0.5) is 0 Å². The fourth-order valence-electron chi connectivity index (χ4n) is 8.91. The average Bonchev–Trinajstić information content (AvgIpc) is 3.40. The summed E-state index contributed by atoms with van der Waals surface area (Å²) in [6, 6.07) is 34.3. The molecule has 0 radical (unpaired) electrons. The Balaban J connectivity index is 1.20. The van der Waals surface area contributed by atoms with Crippen LogP contribution in [0.2, 0.25) is 0 Å². The molecule has 1 amide bonds. The molecule has 1 heterocycles. The topological polar surface area (TPSA) is 187 Å². The number of nitrogens with zero attached hydrogens (tertiary/aromatic N) is 1. The van der Waals surface area contributed by atoms with E-state index < -0.39 is 42.1 Å². The van der Waals surface area contributed by atoms with Gasteiger partial charge in [0.2, 0.25) is 5.91 Å².